The van der Waals surface area contributed by atoms with Gasteiger partial charge in [0.2, 0.25) is 0 Å². The summed E-state index contributed by atoms with van der Waals surface area (Å²) in [4.78, 5) is 0. The molecule has 1 heterocycles. The van der Waals surface area contributed by atoms with E-state index in [1.54, 1.807) is 0 Å². The van der Waals surface area contributed by atoms with Crippen molar-refractivity contribution in [3.05, 3.63) is 52.5 Å². The second kappa shape index (κ2) is 5.24. The second-order valence-corrected chi connectivity index (χ2v) is 5.19. The molecule has 0 aliphatic carbocycles. The first-order valence-corrected chi connectivity index (χ1v) is 6.85. The molecule has 0 radical (unpaired) electrons. The highest BCUT2D eigenvalue weighted by atomic mass is 35.5. The third kappa shape index (κ3) is 2.46. The Morgan fingerprint density at radius 3 is 2.95 bits per heavy atom. The summed E-state index contributed by atoms with van der Waals surface area (Å²) in [6, 6.07) is 12.4. The van der Waals surface area contributed by atoms with Gasteiger partial charge in [-0.05, 0) is 53.6 Å². The van der Waals surface area contributed by atoms with Crippen molar-refractivity contribution in [3.8, 4) is 16.9 Å². The molecule has 98 valence electrons. The molecular formula is C16H16ClNO. The molecule has 1 aliphatic heterocycles. The van der Waals surface area contributed by atoms with Crippen LogP contribution >= 0.6 is 11.6 Å². The van der Waals surface area contributed by atoms with Gasteiger partial charge in [0.05, 0.1) is 6.61 Å². The molecule has 3 heteroatoms. The van der Waals surface area contributed by atoms with Crippen LogP contribution in [-0.4, -0.2) is 13.7 Å². The van der Waals surface area contributed by atoms with Crippen molar-refractivity contribution in [2.45, 2.75) is 13.0 Å². The van der Waals surface area contributed by atoms with Crippen LogP contribution in [-0.2, 0) is 13.0 Å². The molecule has 0 saturated carbocycles. The van der Waals surface area contributed by atoms with Crippen LogP contribution in [0.25, 0.3) is 11.1 Å². The molecule has 1 aliphatic rings. The molecule has 0 aromatic heterocycles. The van der Waals surface area contributed by atoms with Gasteiger partial charge in [-0.3, -0.25) is 0 Å². The Kier molecular flexibility index (Phi) is 3.45. The average Bonchev–Trinajstić information content (AvgIpc) is 2.88. The number of hydrogen-bond acceptors (Lipinski definition) is 2. The zero-order valence-electron chi connectivity index (χ0n) is 10.9. The van der Waals surface area contributed by atoms with Crippen molar-refractivity contribution in [1.29, 1.82) is 0 Å². The number of nitrogens with one attached hydrogen (secondary N) is 1. The fourth-order valence-electron chi connectivity index (χ4n) is 2.52. The standard InChI is InChI=1S/C16H16ClNO/c1-18-10-13-2-4-14(17)9-15(13)11-3-5-16-12(8-11)6-7-19-16/h2-5,8-9,18H,6-7,10H2,1H3. The minimum atomic E-state index is 0.770. The molecule has 0 amide bonds. The molecule has 1 N–H and O–H groups in total. The molecule has 19 heavy (non-hydrogen) atoms. The first-order chi connectivity index (χ1) is 9.28. The van der Waals surface area contributed by atoms with E-state index in [1.807, 2.05) is 19.2 Å². The van der Waals surface area contributed by atoms with Crippen LogP contribution in [0.3, 0.4) is 0 Å². The third-order valence-electron chi connectivity index (χ3n) is 3.44. The van der Waals surface area contributed by atoms with Gasteiger partial charge in [0.25, 0.3) is 0 Å². The maximum absolute atomic E-state index is 6.14. The number of rotatable bonds is 3. The summed E-state index contributed by atoms with van der Waals surface area (Å²) in [5.41, 5.74) is 4.94. The summed E-state index contributed by atoms with van der Waals surface area (Å²) in [7, 11) is 1.95. The summed E-state index contributed by atoms with van der Waals surface area (Å²) in [6.07, 6.45) is 0.991. The van der Waals surface area contributed by atoms with Gasteiger partial charge < -0.3 is 10.1 Å². The average molecular weight is 274 g/mol. The van der Waals surface area contributed by atoms with Gasteiger partial charge in [-0.1, -0.05) is 23.7 Å². The van der Waals surface area contributed by atoms with Gasteiger partial charge in [0.1, 0.15) is 5.75 Å². The Hall–Kier alpha value is -1.51. The van der Waals surface area contributed by atoms with Crippen molar-refractivity contribution in [2.24, 2.45) is 0 Å². The lowest BCUT2D eigenvalue weighted by atomic mass is 9.97. The highest BCUT2D eigenvalue weighted by molar-refractivity contribution is 6.30. The van der Waals surface area contributed by atoms with E-state index in [9.17, 15) is 0 Å². The first-order valence-electron chi connectivity index (χ1n) is 6.47. The summed E-state index contributed by atoms with van der Waals surface area (Å²) < 4.78 is 5.55. The molecule has 2 aromatic carbocycles. The lowest BCUT2D eigenvalue weighted by molar-refractivity contribution is 0.357. The first kappa shape index (κ1) is 12.5. The van der Waals surface area contributed by atoms with Crippen LogP contribution in [0.1, 0.15) is 11.1 Å². The van der Waals surface area contributed by atoms with Gasteiger partial charge in [-0.25, -0.2) is 0 Å². The van der Waals surface area contributed by atoms with Crippen LogP contribution in [0.2, 0.25) is 5.02 Å². The number of ether oxygens (including phenoxy) is 1. The predicted molar refractivity (Wildman–Crippen MR) is 78.9 cm³/mol. The van der Waals surface area contributed by atoms with E-state index in [0.717, 1.165) is 30.3 Å². The zero-order chi connectivity index (χ0) is 13.2. The normalized spacial score (nSPS) is 13.2. The van der Waals surface area contributed by atoms with Gasteiger partial charge in [0, 0.05) is 18.0 Å². The fraction of sp³-hybridized carbons (Fsp3) is 0.250. The molecule has 3 rings (SSSR count). The maximum Gasteiger partial charge on any atom is 0.122 e. The Morgan fingerprint density at radius 2 is 2.11 bits per heavy atom. The maximum atomic E-state index is 6.14. The molecule has 0 spiro atoms. The Bertz CT molecular complexity index is 610. The molecule has 0 unspecified atom stereocenters. The minimum Gasteiger partial charge on any atom is -0.493 e. The summed E-state index contributed by atoms with van der Waals surface area (Å²) in [5.74, 6) is 1.01. The van der Waals surface area contributed by atoms with Crippen LogP contribution < -0.4 is 10.1 Å². The topological polar surface area (TPSA) is 21.3 Å². The molecule has 0 fully saturated rings. The SMILES string of the molecule is CNCc1ccc(Cl)cc1-c1ccc2c(c1)CCO2. The molecular weight excluding hydrogens is 258 g/mol. The van der Waals surface area contributed by atoms with Crippen molar-refractivity contribution in [3.63, 3.8) is 0 Å². The molecule has 2 aromatic rings. The van der Waals surface area contributed by atoms with E-state index < -0.39 is 0 Å². The van der Waals surface area contributed by atoms with E-state index in [-0.39, 0.29) is 0 Å². The van der Waals surface area contributed by atoms with Gasteiger partial charge in [-0.2, -0.15) is 0 Å². The highest BCUT2D eigenvalue weighted by Gasteiger charge is 2.14. The van der Waals surface area contributed by atoms with Gasteiger partial charge in [0.15, 0.2) is 0 Å². The van der Waals surface area contributed by atoms with Crippen LogP contribution in [0.15, 0.2) is 36.4 Å². The predicted octanol–water partition coefficient (Wildman–Crippen LogP) is 3.66. The highest BCUT2D eigenvalue weighted by Crippen LogP contribution is 2.33. The van der Waals surface area contributed by atoms with E-state index in [1.165, 1.54) is 22.3 Å². The van der Waals surface area contributed by atoms with E-state index >= 15 is 0 Å². The van der Waals surface area contributed by atoms with Crippen molar-refractivity contribution < 1.29 is 4.74 Å². The summed E-state index contributed by atoms with van der Waals surface area (Å²) in [6.45, 7) is 1.62. The summed E-state index contributed by atoms with van der Waals surface area (Å²) in [5, 5.41) is 3.97. The molecule has 0 saturated heterocycles. The Morgan fingerprint density at radius 1 is 1.21 bits per heavy atom. The monoisotopic (exact) mass is 273 g/mol. The van der Waals surface area contributed by atoms with Crippen molar-refractivity contribution in [2.75, 3.05) is 13.7 Å². The van der Waals surface area contributed by atoms with E-state index in [4.69, 9.17) is 16.3 Å². The quantitative estimate of drug-likeness (QED) is 0.921. The number of hydrogen-bond donors (Lipinski definition) is 1. The molecule has 2 nitrogen and oxygen atoms in total. The van der Waals surface area contributed by atoms with Gasteiger partial charge in [-0.15, -0.1) is 0 Å². The van der Waals surface area contributed by atoms with Crippen LogP contribution in [0.5, 0.6) is 5.75 Å². The number of fused-ring (bicyclic) bond motifs is 1. The van der Waals surface area contributed by atoms with E-state index in [0.29, 0.717) is 0 Å². The second-order valence-electron chi connectivity index (χ2n) is 4.75. The van der Waals surface area contributed by atoms with Gasteiger partial charge >= 0.3 is 0 Å². The lowest BCUT2D eigenvalue weighted by Gasteiger charge is -2.11. The fourth-order valence-corrected chi connectivity index (χ4v) is 2.69. The third-order valence-corrected chi connectivity index (χ3v) is 3.67. The van der Waals surface area contributed by atoms with Crippen molar-refractivity contribution in [1.82, 2.24) is 5.32 Å². The molecule has 0 bridgehead atoms. The van der Waals surface area contributed by atoms with Crippen LogP contribution in [0.4, 0.5) is 0 Å². The molecule has 0 atom stereocenters. The number of benzene rings is 2. The Balaban J connectivity index is 2.07. The van der Waals surface area contributed by atoms with Crippen LogP contribution in [0, 0.1) is 0 Å². The zero-order valence-corrected chi connectivity index (χ0v) is 11.6. The smallest absolute Gasteiger partial charge is 0.122 e. The number of halogens is 1. The van der Waals surface area contributed by atoms with Crippen molar-refractivity contribution >= 4 is 11.6 Å². The Labute approximate surface area is 118 Å². The largest absolute Gasteiger partial charge is 0.493 e. The van der Waals surface area contributed by atoms with E-state index in [2.05, 4.69) is 29.6 Å². The minimum absolute atomic E-state index is 0.770. The lowest BCUT2D eigenvalue weighted by Crippen LogP contribution is -2.06. The summed E-state index contributed by atoms with van der Waals surface area (Å²) >= 11 is 6.14.